The number of hydrogen-bond acceptors (Lipinski definition) is 5. The van der Waals surface area contributed by atoms with Gasteiger partial charge in [-0.1, -0.05) is 59.7 Å². The minimum absolute atomic E-state index is 0.0195. The maximum absolute atomic E-state index is 9.67. The molecular formula is C24H39BO5Si2. The molecular weight excluding hydrogens is 435 g/mol. The molecule has 5 nitrogen and oxygen atoms in total. The minimum Gasteiger partial charge on any atom is -0.541 e. The topological polar surface area (TPSA) is 68.2 Å². The van der Waals surface area contributed by atoms with Crippen LogP contribution < -0.4 is 19.1 Å². The highest BCUT2D eigenvalue weighted by Crippen LogP contribution is 2.44. The fourth-order valence-corrected chi connectivity index (χ4v) is 4.53. The van der Waals surface area contributed by atoms with Crippen molar-refractivity contribution < 1.29 is 23.6 Å². The number of benzene rings is 2. The van der Waals surface area contributed by atoms with Crippen molar-refractivity contribution in [2.75, 3.05) is 0 Å². The van der Waals surface area contributed by atoms with Crippen LogP contribution in [0.15, 0.2) is 42.5 Å². The quantitative estimate of drug-likeness (QED) is 0.487. The van der Waals surface area contributed by atoms with Crippen molar-refractivity contribution in [1.29, 1.82) is 0 Å². The van der Waals surface area contributed by atoms with Gasteiger partial charge in [-0.25, -0.2) is 0 Å². The highest BCUT2D eigenvalue weighted by molar-refractivity contribution is 6.75. The lowest BCUT2D eigenvalue weighted by atomic mass is 9.79. The molecule has 0 saturated carbocycles. The molecule has 0 heterocycles. The van der Waals surface area contributed by atoms with Gasteiger partial charge >= 0.3 is 7.12 Å². The summed E-state index contributed by atoms with van der Waals surface area (Å²) >= 11 is 0. The van der Waals surface area contributed by atoms with Crippen molar-refractivity contribution in [3.63, 3.8) is 0 Å². The lowest BCUT2D eigenvalue weighted by Gasteiger charge is -2.39. The van der Waals surface area contributed by atoms with E-state index in [1.54, 1.807) is 24.3 Å². The van der Waals surface area contributed by atoms with Crippen LogP contribution in [0.5, 0.6) is 23.0 Å². The van der Waals surface area contributed by atoms with E-state index in [0.29, 0.717) is 22.7 Å². The van der Waals surface area contributed by atoms with Crippen molar-refractivity contribution in [2.24, 2.45) is 0 Å². The molecule has 0 unspecified atom stereocenters. The molecule has 0 bridgehead atoms. The minimum atomic E-state index is -2.14. The van der Waals surface area contributed by atoms with Gasteiger partial charge in [0.15, 0.2) is 0 Å². The average molecular weight is 475 g/mol. The second-order valence-electron chi connectivity index (χ2n) is 11.3. The smallest absolute Gasteiger partial charge is 0.492 e. The molecule has 0 amide bonds. The van der Waals surface area contributed by atoms with E-state index in [1.807, 2.05) is 18.2 Å². The van der Waals surface area contributed by atoms with Crippen LogP contribution >= 0.6 is 0 Å². The Labute approximate surface area is 196 Å². The van der Waals surface area contributed by atoms with Gasteiger partial charge in [0.1, 0.15) is 23.0 Å². The molecule has 0 spiro atoms. The third kappa shape index (κ3) is 6.19. The average Bonchev–Trinajstić information content (AvgIpc) is 2.62. The van der Waals surface area contributed by atoms with Crippen LogP contribution in [-0.2, 0) is 0 Å². The Hall–Kier alpha value is -1.74. The molecule has 0 aliphatic rings. The fourth-order valence-electron chi connectivity index (χ4n) is 2.49. The Morgan fingerprint density at radius 3 is 1.69 bits per heavy atom. The molecule has 2 N–H and O–H groups in total. The van der Waals surface area contributed by atoms with Crippen LogP contribution in [0.25, 0.3) is 0 Å². The highest BCUT2D eigenvalue weighted by atomic mass is 28.4. The first-order chi connectivity index (χ1) is 14.4. The maximum Gasteiger partial charge on any atom is 0.492 e. The summed E-state index contributed by atoms with van der Waals surface area (Å²) in [6.07, 6.45) is 0. The monoisotopic (exact) mass is 474 g/mol. The van der Waals surface area contributed by atoms with Gasteiger partial charge in [0.05, 0.1) is 0 Å². The number of hydrogen-bond donors (Lipinski definition) is 2. The first-order valence-electron chi connectivity index (χ1n) is 11.1. The molecule has 0 radical (unpaired) electrons. The summed E-state index contributed by atoms with van der Waals surface area (Å²) in [5.41, 5.74) is 0.306. The summed E-state index contributed by atoms with van der Waals surface area (Å²) in [6, 6.07) is 12.5. The molecule has 2 aromatic rings. The third-order valence-electron chi connectivity index (χ3n) is 6.68. The molecule has 176 valence electrons. The Morgan fingerprint density at radius 2 is 1.19 bits per heavy atom. The lowest BCUT2D eigenvalue weighted by Crippen LogP contribution is -2.45. The van der Waals surface area contributed by atoms with Crippen molar-refractivity contribution in [2.45, 2.75) is 77.8 Å². The molecule has 2 aromatic carbocycles. The number of para-hydroxylation sites is 1. The predicted molar refractivity (Wildman–Crippen MR) is 138 cm³/mol. The van der Waals surface area contributed by atoms with E-state index in [-0.39, 0.29) is 10.1 Å². The van der Waals surface area contributed by atoms with Gasteiger partial charge < -0.3 is 23.6 Å². The molecule has 8 heteroatoms. The Kier molecular flexibility index (Phi) is 7.66. The third-order valence-corrected chi connectivity index (χ3v) is 15.4. The molecule has 0 aliphatic heterocycles. The van der Waals surface area contributed by atoms with Crippen molar-refractivity contribution in [1.82, 2.24) is 0 Å². The molecule has 32 heavy (non-hydrogen) atoms. The van der Waals surface area contributed by atoms with Gasteiger partial charge in [0.2, 0.25) is 0 Å². The van der Waals surface area contributed by atoms with Crippen LogP contribution in [0.4, 0.5) is 0 Å². The zero-order valence-corrected chi connectivity index (χ0v) is 23.2. The van der Waals surface area contributed by atoms with Crippen LogP contribution in [0, 0.1) is 0 Å². The van der Waals surface area contributed by atoms with Crippen LogP contribution in [-0.4, -0.2) is 33.8 Å². The van der Waals surface area contributed by atoms with Gasteiger partial charge in [0, 0.05) is 11.5 Å². The van der Waals surface area contributed by atoms with Crippen LogP contribution in [0.1, 0.15) is 41.5 Å². The van der Waals surface area contributed by atoms with Crippen molar-refractivity contribution in [3.8, 4) is 23.0 Å². The van der Waals surface area contributed by atoms with Gasteiger partial charge in [-0.2, -0.15) is 0 Å². The lowest BCUT2D eigenvalue weighted by molar-refractivity contribution is 0.419. The molecule has 2 rings (SSSR count). The largest absolute Gasteiger partial charge is 0.541 e. The Balaban J connectivity index is 2.50. The van der Waals surface area contributed by atoms with E-state index < -0.39 is 23.8 Å². The Morgan fingerprint density at radius 1 is 0.688 bits per heavy atom. The number of ether oxygens (including phenoxy) is 1. The van der Waals surface area contributed by atoms with Gasteiger partial charge in [0.25, 0.3) is 16.6 Å². The summed E-state index contributed by atoms with van der Waals surface area (Å²) in [6.45, 7) is 22.1. The van der Waals surface area contributed by atoms with E-state index in [2.05, 4.69) is 67.7 Å². The van der Waals surface area contributed by atoms with Crippen molar-refractivity contribution >= 4 is 29.2 Å². The predicted octanol–water partition coefficient (Wildman–Crippen LogP) is 5.93. The summed E-state index contributed by atoms with van der Waals surface area (Å²) in [5.74, 6) is 2.33. The first-order valence-corrected chi connectivity index (χ1v) is 16.9. The first kappa shape index (κ1) is 26.5. The fraction of sp³-hybridized carbons (Fsp3) is 0.500. The summed E-state index contributed by atoms with van der Waals surface area (Å²) in [7, 11) is -5.84. The van der Waals surface area contributed by atoms with Gasteiger partial charge in [-0.15, -0.1) is 0 Å². The van der Waals surface area contributed by atoms with Crippen LogP contribution in [0.3, 0.4) is 0 Å². The zero-order chi connectivity index (χ0) is 24.5. The SMILES string of the molecule is CC(C)(C)[Si](C)(C)Oc1ccc(Oc2ccccc2B(O)O)cc1O[Si](C)(C)C(C)(C)C. The number of rotatable bonds is 7. The highest BCUT2D eigenvalue weighted by Gasteiger charge is 2.42. The van der Waals surface area contributed by atoms with Gasteiger partial charge in [-0.3, -0.25) is 0 Å². The molecule has 0 fully saturated rings. The second kappa shape index (κ2) is 9.25. The standard InChI is InChI=1S/C24H39BO5Si2/c1-23(2,3)31(7,8)29-21-16-15-18(17-22(21)30-32(9,10)24(4,5)6)28-20-14-12-11-13-19(20)25(26)27/h11-17,26-27H,1-10H3. The molecule has 0 aliphatic carbocycles. The molecule has 0 atom stereocenters. The van der Waals surface area contributed by atoms with Crippen molar-refractivity contribution in [3.05, 3.63) is 42.5 Å². The van der Waals surface area contributed by atoms with E-state index >= 15 is 0 Å². The van der Waals surface area contributed by atoms with E-state index in [1.165, 1.54) is 0 Å². The molecule has 0 aromatic heterocycles. The van der Waals surface area contributed by atoms with E-state index in [9.17, 15) is 10.0 Å². The zero-order valence-electron chi connectivity index (χ0n) is 21.2. The van der Waals surface area contributed by atoms with E-state index in [4.69, 9.17) is 13.6 Å². The normalized spacial score (nSPS) is 13.0. The van der Waals surface area contributed by atoms with Crippen LogP contribution in [0.2, 0.25) is 36.3 Å². The Bertz CT molecular complexity index is 931. The van der Waals surface area contributed by atoms with E-state index in [0.717, 1.165) is 5.75 Å². The summed E-state index contributed by atoms with van der Waals surface area (Å²) in [4.78, 5) is 0. The molecule has 0 saturated heterocycles. The maximum atomic E-state index is 9.67. The summed E-state index contributed by atoms with van der Waals surface area (Å²) < 4.78 is 19.3. The van der Waals surface area contributed by atoms with Gasteiger partial charge in [-0.05, 0) is 54.5 Å². The second-order valence-corrected chi connectivity index (χ2v) is 20.8. The summed E-state index contributed by atoms with van der Waals surface area (Å²) in [5, 5.41) is 19.4.